The number of benzene rings is 1. The Hall–Kier alpha value is -1.88. The first-order valence-electron chi connectivity index (χ1n) is 6.35. The Bertz CT molecular complexity index is 602. The molecule has 0 atom stereocenters. The van der Waals surface area contributed by atoms with Crippen LogP contribution in [-0.4, -0.2) is 17.5 Å². The Kier molecular flexibility index (Phi) is 5.12. The predicted octanol–water partition coefficient (Wildman–Crippen LogP) is 3.89. The van der Waals surface area contributed by atoms with E-state index in [4.69, 9.17) is 4.74 Å². The van der Waals surface area contributed by atoms with E-state index >= 15 is 0 Å². The number of halogens is 1. The van der Waals surface area contributed by atoms with Crippen molar-refractivity contribution in [1.82, 2.24) is 4.98 Å². The highest BCUT2D eigenvalue weighted by Crippen LogP contribution is 2.18. The molecule has 0 aliphatic rings. The summed E-state index contributed by atoms with van der Waals surface area (Å²) in [6.45, 7) is 2.71. The number of nitrogens with zero attached hydrogens (tertiary/aromatic N) is 1. The van der Waals surface area contributed by atoms with Gasteiger partial charge >= 0.3 is 0 Å². The SMILES string of the molecule is CCCOc1cccc(NC(=O)c2ccnc(Br)c2)c1. The number of anilines is 1. The van der Waals surface area contributed by atoms with E-state index in [0.29, 0.717) is 22.5 Å². The van der Waals surface area contributed by atoms with Crippen molar-refractivity contribution in [3.63, 3.8) is 0 Å². The van der Waals surface area contributed by atoms with E-state index in [1.165, 1.54) is 0 Å². The van der Waals surface area contributed by atoms with Gasteiger partial charge in [0.2, 0.25) is 0 Å². The molecule has 0 spiro atoms. The predicted molar refractivity (Wildman–Crippen MR) is 82.1 cm³/mol. The van der Waals surface area contributed by atoms with Crippen LogP contribution in [0.4, 0.5) is 5.69 Å². The molecule has 1 heterocycles. The van der Waals surface area contributed by atoms with Crippen LogP contribution in [0.5, 0.6) is 5.75 Å². The summed E-state index contributed by atoms with van der Waals surface area (Å²) in [5.41, 5.74) is 1.25. The second-order valence-electron chi connectivity index (χ2n) is 4.20. The van der Waals surface area contributed by atoms with Gasteiger partial charge in [0.05, 0.1) is 6.61 Å². The number of pyridine rings is 1. The lowest BCUT2D eigenvalue weighted by Gasteiger charge is -2.08. The van der Waals surface area contributed by atoms with Crippen LogP contribution in [0.1, 0.15) is 23.7 Å². The van der Waals surface area contributed by atoms with Gasteiger partial charge in [0.25, 0.3) is 5.91 Å². The number of aromatic nitrogens is 1. The van der Waals surface area contributed by atoms with Gasteiger partial charge in [0.1, 0.15) is 10.4 Å². The number of nitrogens with one attached hydrogen (secondary N) is 1. The van der Waals surface area contributed by atoms with Crippen molar-refractivity contribution in [2.24, 2.45) is 0 Å². The molecule has 0 bridgehead atoms. The summed E-state index contributed by atoms with van der Waals surface area (Å²) >= 11 is 3.24. The summed E-state index contributed by atoms with van der Waals surface area (Å²) < 4.78 is 6.16. The van der Waals surface area contributed by atoms with Gasteiger partial charge in [0, 0.05) is 23.5 Å². The summed E-state index contributed by atoms with van der Waals surface area (Å²) in [7, 11) is 0. The van der Waals surface area contributed by atoms with Crippen molar-refractivity contribution in [3.05, 3.63) is 52.8 Å². The monoisotopic (exact) mass is 334 g/mol. The first-order chi connectivity index (χ1) is 9.69. The first kappa shape index (κ1) is 14.5. The minimum Gasteiger partial charge on any atom is -0.494 e. The molecule has 2 rings (SSSR count). The molecule has 5 heteroatoms. The maximum Gasteiger partial charge on any atom is 0.255 e. The lowest BCUT2D eigenvalue weighted by molar-refractivity contribution is 0.102. The first-order valence-corrected chi connectivity index (χ1v) is 7.14. The maximum atomic E-state index is 12.1. The topological polar surface area (TPSA) is 51.2 Å². The third kappa shape index (κ3) is 4.06. The van der Waals surface area contributed by atoms with Crippen LogP contribution < -0.4 is 10.1 Å². The highest BCUT2D eigenvalue weighted by Gasteiger charge is 2.07. The number of amides is 1. The Morgan fingerprint density at radius 3 is 2.95 bits per heavy atom. The van der Waals surface area contributed by atoms with Gasteiger partial charge < -0.3 is 10.1 Å². The number of rotatable bonds is 5. The smallest absolute Gasteiger partial charge is 0.255 e. The molecule has 1 amide bonds. The minimum absolute atomic E-state index is 0.180. The average molecular weight is 335 g/mol. The van der Waals surface area contributed by atoms with Gasteiger partial charge in [-0.2, -0.15) is 0 Å². The second-order valence-corrected chi connectivity index (χ2v) is 5.01. The highest BCUT2D eigenvalue weighted by molar-refractivity contribution is 9.10. The lowest BCUT2D eigenvalue weighted by atomic mass is 10.2. The fourth-order valence-electron chi connectivity index (χ4n) is 1.63. The van der Waals surface area contributed by atoms with Crippen LogP contribution in [0.2, 0.25) is 0 Å². The van der Waals surface area contributed by atoms with Gasteiger partial charge in [0.15, 0.2) is 0 Å². The molecule has 104 valence electrons. The second kappa shape index (κ2) is 7.05. The fourth-order valence-corrected chi connectivity index (χ4v) is 2.00. The molecular formula is C15H15BrN2O2. The van der Waals surface area contributed by atoms with E-state index in [1.807, 2.05) is 31.2 Å². The maximum absolute atomic E-state index is 12.1. The molecule has 20 heavy (non-hydrogen) atoms. The number of carbonyl (C=O) groups is 1. The summed E-state index contributed by atoms with van der Waals surface area (Å²) in [5.74, 6) is 0.571. The van der Waals surface area contributed by atoms with Crippen molar-refractivity contribution in [2.75, 3.05) is 11.9 Å². The highest BCUT2D eigenvalue weighted by atomic mass is 79.9. The molecule has 0 radical (unpaired) electrons. The van der Waals surface area contributed by atoms with Crippen molar-refractivity contribution >= 4 is 27.5 Å². The standard InChI is InChI=1S/C15H15BrN2O2/c1-2-8-20-13-5-3-4-12(10-13)18-15(19)11-6-7-17-14(16)9-11/h3-7,9-10H,2,8H2,1H3,(H,18,19). The van der Waals surface area contributed by atoms with Crippen molar-refractivity contribution in [2.45, 2.75) is 13.3 Å². The van der Waals surface area contributed by atoms with E-state index in [0.717, 1.165) is 12.2 Å². The van der Waals surface area contributed by atoms with E-state index in [2.05, 4.69) is 26.2 Å². The van der Waals surface area contributed by atoms with Crippen LogP contribution in [0, 0.1) is 0 Å². The Morgan fingerprint density at radius 2 is 2.20 bits per heavy atom. The van der Waals surface area contributed by atoms with Crippen LogP contribution in [-0.2, 0) is 0 Å². The molecule has 0 aliphatic carbocycles. The Balaban J connectivity index is 2.07. The Morgan fingerprint density at radius 1 is 1.35 bits per heavy atom. The molecule has 0 saturated carbocycles. The van der Waals surface area contributed by atoms with Crippen LogP contribution >= 0.6 is 15.9 Å². The third-order valence-electron chi connectivity index (χ3n) is 2.55. The molecule has 0 unspecified atom stereocenters. The summed E-state index contributed by atoms with van der Waals surface area (Å²) in [6.07, 6.45) is 2.53. The number of ether oxygens (including phenoxy) is 1. The van der Waals surface area contributed by atoms with E-state index in [9.17, 15) is 4.79 Å². The molecule has 2 aromatic rings. The van der Waals surface area contributed by atoms with Crippen LogP contribution in [0.3, 0.4) is 0 Å². The van der Waals surface area contributed by atoms with Gasteiger partial charge in [-0.1, -0.05) is 13.0 Å². The molecular weight excluding hydrogens is 320 g/mol. The molecule has 1 N–H and O–H groups in total. The summed E-state index contributed by atoms with van der Waals surface area (Å²) in [5, 5.41) is 2.83. The van der Waals surface area contributed by atoms with Crippen molar-refractivity contribution < 1.29 is 9.53 Å². The zero-order valence-corrected chi connectivity index (χ0v) is 12.7. The van der Waals surface area contributed by atoms with Gasteiger partial charge in [-0.05, 0) is 46.6 Å². The minimum atomic E-state index is -0.180. The van der Waals surface area contributed by atoms with Gasteiger partial charge in [-0.15, -0.1) is 0 Å². The Labute approximate surface area is 126 Å². The van der Waals surface area contributed by atoms with E-state index in [1.54, 1.807) is 18.3 Å². The number of hydrogen-bond donors (Lipinski definition) is 1. The molecule has 0 saturated heterocycles. The van der Waals surface area contributed by atoms with E-state index in [-0.39, 0.29) is 5.91 Å². The van der Waals surface area contributed by atoms with Crippen LogP contribution in [0.15, 0.2) is 47.2 Å². The van der Waals surface area contributed by atoms with Crippen LogP contribution in [0.25, 0.3) is 0 Å². The largest absolute Gasteiger partial charge is 0.494 e. The third-order valence-corrected chi connectivity index (χ3v) is 2.99. The van der Waals surface area contributed by atoms with Gasteiger partial charge in [-0.25, -0.2) is 4.98 Å². The fraction of sp³-hybridized carbons (Fsp3) is 0.200. The zero-order valence-electron chi connectivity index (χ0n) is 11.1. The molecule has 1 aromatic heterocycles. The average Bonchev–Trinajstić information content (AvgIpc) is 2.45. The van der Waals surface area contributed by atoms with Gasteiger partial charge in [-0.3, -0.25) is 4.79 Å². The van der Waals surface area contributed by atoms with Crippen molar-refractivity contribution in [3.8, 4) is 5.75 Å². The quantitative estimate of drug-likeness (QED) is 0.844. The zero-order chi connectivity index (χ0) is 14.4. The molecule has 1 aromatic carbocycles. The summed E-state index contributed by atoms with van der Waals surface area (Å²) in [6, 6.07) is 10.7. The number of carbonyl (C=O) groups excluding carboxylic acids is 1. The van der Waals surface area contributed by atoms with Crippen molar-refractivity contribution in [1.29, 1.82) is 0 Å². The molecule has 0 fully saturated rings. The molecule has 4 nitrogen and oxygen atoms in total. The molecule has 0 aliphatic heterocycles. The lowest BCUT2D eigenvalue weighted by Crippen LogP contribution is -2.12. The number of hydrogen-bond acceptors (Lipinski definition) is 3. The summed E-state index contributed by atoms with van der Waals surface area (Å²) in [4.78, 5) is 16.1. The van der Waals surface area contributed by atoms with E-state index < -0.39 is 0 Å². The normalized spacial score (nSPS) is 10.1.